The van der Waals surface area contributed by atoms with E-state index in [1.165, 1.54) is 23.9 Å². The summed E-state index contributed by atoms with van der Waals surface area (Å²) in [4.78, 5) is 25.6. The van der Waals surface area contributed by atoms with Crippen LogP contribution >= 0.6 is 58.2 Å². The molecule has 3 aromatic rings. The molecule has 0 aliphatic heterocycles. The quantitative estimate of drug-likeness (QED) is 0.137. The van der Waals surface area contributed by atoms with Crippen LogP contribution in [0.2, 0.25) is 20.1 Å². The summed E-state index contributed by atoms with van der Waals surface area (Å²) in [6, 6.07) is 9.37. The second kappa shape index (κ2) is 13.5. The molecule has 1 atom stereocenters. The minimum atomic E-state index is -0.436. The third-order valence-corrected chi connectivity index (χ3v) is 7.45. The lowest BCUT2D eigenvalue weighted by atomic mass is 10.0. The van der Waals surface area contributed by atoms with Crippen LogP contribution in [0.15, 0.2) is 54.2 Å². The van der Waals surface area contributed by atoms with Crippen LogP contribution in [0.1, 0.15) is 42.5 Å². The summed E-state index contributed by atoms with van der Waals surface area (Å²) < 4.78 is 1.83. The Kier molecular flexibility index (Phi) is 10.7. The van der Waals surface area contributed by atoms with Crippen LogP contribution in [0.5, 0.6) is 0 Å². The highest BCUT2D eigenvalue weighted by Gasteiger charge is 2.25. The largest absolute Gasteiger partial charge is 0.342 e. The van der Waals surface area contributed by atoms with Crippen molar-refractivity contribution in [2.45, 2.75) is 38.0 Å². The number of halogens is 4. The number of benzene rings is 2. The molecular weight excluding hydrogens is 576 g/mol. The molecule has 0 radical (unpaired) electrons. The van der Waals surface area contributed by atoms with Gasteiger partial charge in [0.15, 0.2) is 11.0 Å². The molecule has 0 bridgehead atoms. The summed E-state index contributed by atoms with van der Waals surface area (Å²) >= 11 is 25.6. The number of nitrogens with one attached hydrogen (secondary N) is 2. The van der Waals surface area contributed by atoms with E-state index >= 15 is 0 Å². The van der Waals surface area contributed by atoms with E-state index in [1.54, 1.807) is 30.3 Å². The SMILES string of the molecule is C=CCn1c(SCC(=O)Nc2cc(Cl)c(Cl)cc2Cl)nnc1[C@@H](CC(C)C)NC(=O)c1ccccc1Cl. The molecule has 37 heavy (non-hydrogen) atoms. The van der Waals surface area contributed by atoms with Gasteiger partial charge in [-0.05, 0) is 36.6 Å². The van der Waals surface area contributed by atoms with E-state index in [0.29, 0.717) is 45.2 Å². The van der Waals surface area contributed by atoms with Crippen molar-refractivity contribution >= 4 is 75.7 Å². The van der Waals surface area contributed by atoms with Crippen molar-refractivity contribution in [3.8, 4) is 0 Å². The van der Waals surface area contributed by atoms with Crippen LogP contribution in [-0.2, 0) is 11.3 Å². The Bertz CT molecular complexity index is 1300. The number of hydrogen-bond acceptors (Lipinski definition) is 5. The van der Waals surface area contributed by atoms with Crippen molar-refractivity contribution in [1.29, 1.82) is 0 Å². The zero-order valence-corrected chi connectivity index (χ0v) is 23.9. The van der Waals surface area contributed by atoms with Gasteiger partial charge >= 0.3 is 0 Å². The van der Waals surface area contributed by atoms with Crippen LogP contribution in [0.3, 0.4) is 0 Å². The van der Waals surface area contributed by atoms with E-state index < -0.39 is 6.04 Å². The standard InChI is InChI=1S/C25H25Cl4N5O2S/c1-4-9-34-23(21(10-14(2)3)31-24(36)15-7-5-6-8-16(15)26)32-33-25(34)37-13-22(35)30-20-12-18(28)17(27)11-19(20)29/h4-8,11-12,14,21H,1,9-10,13H2,2-3H3,(H,30,35)(H,31,36)/t21-/m1/s1. The van der Waals surface area contributed by atoms with Crippen LogP contribution in [0.4, 0.5) is 5.69 Å². The van der Waals surface area contributed by atoms with Gasteiger partial charge in [0.2, 0.25) is 5.91 Å². The van der Waals surface area contributed by atoms with Gasteiger partial charge < -0.3 is 15.2 Å². The lowest BCUT2D eigenvalue weighted by Gasteiger charge is -2.21. The maximum atomic E-state index is 13.0. The first-order valence-corrected chi connectivity index (χ1v) is 13.8. The Hall–Kier alpha value is -2.23. The van der Waals surface area contributed by atoms with Gasteiger partial charge in [-0.1, -0.05) is 90.2 Å². The molecule has 3 rings (SSSR count). The summed E-state index contributed by atoms with van der Waals surface area (Å²) in [6.07, 6.45) is 2.32. The number of hydrogen-bond donors (Lipinski definition) is 2. The van der Waals surface area contributed by atoms with Crippen LogP contribution in [0, 0.1) is 5.92 Å². The van der Waals surface area contributed by atoms with E-state index in [1.807, 2.05) is 4.57 Å². The Morgan fingerprint density at radius 2 is 1.76 bits per heavy atom. The van der Waals surface area contributed by atoms with Crippen molar-refractivity contribution in [3.63, 3.8) is 0 Å². The topological polar surface area (TPSA) is 88.9 Å². The van der Waals surface area contributed by atoms with Crippen molar-refractivity contribution in [3.05, 3.63) is 80.5 Å². The molecule has 0 unspecified atom stereocenters. The molecule has 1 aromatic heterocycles. The molecular formula is C25H25Cl4N5O2S. The van der Waals surface area contributed by atoms with Crippen molar-refractivity contribution in [2.75, 3.05) is 11.1 Å². The molecule has 1 heterocycles. The highest BCUT2D eigenvalue weighted by atomic mass is 35.5. The van der Waals surface area contributed by atoms with Gasteiger partial charge in [0, 0.05) is 6.54 Å². The third kappa shape index (κ3) is 7.88. The van der Waals surface area contributed by atoms with Gasteiger partial charge in [-0.25, -0.2) is 0 Å². The Morgan fingerprint density at radius 3 is 2.43 bits per heavy atom. The van der Waals surface area contributed by atoms with E-state index in [-0.39, 0.29) is 33.5 Å². The van der Waals surface area contributed by atoms with E-state index in [2.05, 4.69) is 41.3 Å². The summed E-state index contributed by atoms with van der Waals surface area (Å²) in [7, 11) is 0. The first-order chi connectivity index (χ1) is 17.6. The summed E-state index contributed by atoms with van der Waals surface area (Å²) in [5.74, 6) is 0.224. The van der Waals surface area contributed by atoms with Crippen molar-refractivity contribution < 1.29 is 9.59 Å². The zero-order chi connectivity index (χ0) is 27.1. The lowest BCUT2D eigenvalue weighted by Crippen LogP contribution is -2.32. The van der Waals surface area contributed by atoms with E-state index in [9.17, 15) is 9.59 Å². The molecule has 0 fully saturated rings. The van der Waals surface area contributed by atoms with Gasteiger partial charge in [-0.2, -0.15) is 0 Å². The molecule has 2 amide bonds. The number of allylic oxidation sites excluding steroid dienone is 1. The minimum absolute atomic E-state index is 0.0344. The maximum absolute atomic E-state index is 13.0. The number of thioether (sulfide) groups is 1. The number of nitrogens with zero attached hydrogens (tertiary/aromatic N) is 3. The zero-order valence-electron chi connectivity index (χ0n) is 20.1. The van der Waals surface area contributed by atoms with Gasteiger partial charge in [0.25, 0.3) is 5.91 Å². The first-order valence-electron chi connectivity index (χ1n) is 11.3. The number of aromatic nitrogens is 3. The Balaban J connectivity index is 1.79. The summed E-state index contributed by atoms with van der Waals surface area (Å²) in [6.45, 7) is 8.32. The summed E-state index contributed by atoms with van der Waals surface area (Å²) in [5, 5.41) is 16.1. The number of rotatable bonds is 11. The molecule has 2 aromatic carbocycles. The predicted octanol–water partition coefficient (Wildman–Crippen LogP) is 7.33. The minimum Gasteiger partial charge on any atom is -0.342 e. The maximum Gasteiger partial charge on any atom is 0.253 e. The fourth-order valence-corrected chi connectivity index (χ4v) is 5.05. The number of anilines is 1. The molecule has 0 saturated heterocycles. The lowest BCUT2D eigenvalue weighted by molar-refractivity contribution is -0.113. The van der Waals surface area contributed by atoms with Gasteiger partial charge in [-0.15, -0.1) is 16.8 Å². The Labute approximate surface area is 239 Å². The van der Waals surface area contributed by atoms with Crippen LogP contribution < -0.4 is 10.6 Å². The van der Waals surface area contributed by atoms with E-state index in [4.69, 9.17) is 46.4 Å². The van der Waals surface area contributed by atoms with Gasteiger partial charge in [-0.3, -0.25) is 9.59 Å². The monoisotopic (exact) mass is 599 g/mol. The Morgan fingerprint density at radius 1 is 1.05 bits per heavy atom. The van der Waals surface area contributed by atoms with Crippen molar-refractivity contribution in [2.24, 2.45) is 5.92 Å². The van der Waals surface area contributed by atoms with Crippen LogP contribution in [-0.4, -0.2) is 32.3 Å². The van der Waals surface area contributed by atoms with Gasteiger partial charge in [0.1, 0.15) is 0 Å². The molecule has 2 N–H and O–H groups in total. The van der Waals surface area contributed by atoms with E-state index in [0.717, 1.165) is 0 Å². The number of carbonyl (C=O) groups is 2. The molecule has 12 heteroatoms. The molecule has 0 aliphatic rings. The second-order valence-electron chi connectivity index (χ2n) is 8.46. The molecule has 0 aliphatic carbocycles. The average Bonchev–Trinajstić information content (AvgIpc) is 3.23. The fraction of sp³-hybridized carbons (Fsp3) is 0.280. The molecule has 0 saturated carbocycles. The number of amides is 2. The highest BCUT2D eigenvalue weighted by Crippen LogP contribution is 2.32. The third-order valence-electron chi connectivity index (χ3n) is 5.12. The first kappa shape index (κ1) is 29.3. The highest BCUT2D eigenvalue weighted by molar-refractivity contribution is 7.99. The number of carbonyl (C=O) groups excluding carboxylic acids is 2. The van der Waals surface area contributed by atoms with Crippen molar-refractivity contribution in [1.82, 2.24) is 20.1 Å². The normalized spacial score (nSPS) is 11.9. The summed E-state index contributed by atoms with van der Waals surface area (Å²) in [5.41, 5.74) is 0.731. The molecule has 7 nitrogen and oxygen atoms in total. The predicted molar refractivity (Wildman–Crippen MR) is 152 cm³/mol. The smallest absolute Gasteiger partial charge is 0.253 e. The van der Waals surface area contributed by atoms with Crippen LogP contribution in [0.25, 0.3) is 0 Å². The molecule has 196 valence electrons. The molecule has 0 spiro atoms. The average molecular weight is 601 g/mol. The fourth-order valence-electron chi connectivity index (χ4n) is 3.48. The second-order valence-corrected chi connectivity index (χ2v) is 11.0. The van der Waals surface area contributed by atoms with Gasteiger partial charge in [0.05, 0.1) is 43.1 Å².